The Hall–Kier alpha value is -4.52. The van der Waals surface area contributed by atoms with Crippen LogP contribution in [0.15, 0.2) is 101 Å². The Labute approximate surface area is 345 Å². The number of carbonyl (C=O) groups excluding carboxylic acids is 1. The summed E-state index contributed by atoms with van der Waals surface area (Å²) in [5.74, 6) is -6.53. The molecule has 1 aliphatic rings. The van der Waals surface area contributed by atoms with Crippen LogP contribution in [0.2, 0.25) is 0 Å². The van der Waals surface area contributed by atoms with Crippen molar-refractivity contribution >= 4 is 28.6 Å². The number of aromatic nitrogens is 1. The van der Waals surface area contributed by atoms with Crippen molar-refractivity contribution in [2.24, 2.45) is 0 Å². The third-order valence-corrected chi connectivity index (χ3v) is 7.89. The predicted molar refractivity (Wildman–Crippen MR) is 198 cm³/mol. The fourth-order valence-corrected chi connectivity index (χ4v) is 5.32. The number of thioether (sulfide) groups is 1. The molecule has 1 saturated heterocycles. The molecule has 0 unspecified atom stereocenters. The van der Waals surface area contributed by atoms with Gasteiger partial charge in [0, 0.05) is 78.2 Å². The standard InChI is InChI=1S/C41H40F5N3O3S/c1-27-6-15-34-36(22-27)49(39(23-37(34)50)53-26-31-4-3-5-35(42)40(31)43)25-38(51)48(33-16-18-47(19-17-33)20-21-52-2)24-28-7-9-29(10-8-28)30-11-13-32(14-12-30)41(44,45)46/h3-15,22-23,33H,16-21,24-26H2,1-2H3/i2D3,6D,15D,16D2,17D2,18D2,19D2,20D2,21D2,22D,23D,24D2,25D2,26D2,33D. The van der Waals surface area contributed by atoms with E-state index in [2.05, 4.69) is 4.74 Å². The van der Waals surface area contributed by atoms with Crippen molar-refractivity contribution in [2.45, 2.75) is 55.6 Å². The maximum absolute atomic E-state index is 15.9. The Balaban J connectivity index is 1.77. The summed E-state index contributed by atoms with van der Waals surface area (Å²) in [6, 6.07) is -1.97. The SMILES string of the molecule is [2H]c1c(C)c([2H])c2c(c1[2H])c(=O)c([2H])c(SC([2H])([2H])c1cccc(F)c1F)n2C([2H])([2H])C(=O)N(C([2H])([2H])c1ccc(-c2ccc(C(F)(F)F)cc2)cc1)C1([2H])C([2H])([2H])C([2H])([2H])N(C([2H])([2H])C([2H])([2H])OC([2H])([2H])[2H])C([2H])([2H])C1([2H])[2H]. The number of pyridine rings is 1. The van der Waals surface area contributed by atoms with Gasteiger partial charge in [-0.2, -0.15) is 13.2 Å². The van der Waals surface area contributed by atoms with Gasteiger partial charge in [0.2, 0.25) is 5.91 Å². The number of carbonyl (C=O) groups is 1. The van der Waals surface area contributed by atoms with Crippen molar-refractivity contribution in [2.75, 3.05) is 33.1 Å². The highest BCUT2D eigenvalue weighted by Crippen LogP contribution is 2.32. The van der Waals surface area contributed by atoms with Gasteiger partial charge in [0.1, 0.15) is 6.50 Å². The molecular weight excluding hydrogens is 710 g/mol. The Morgan fingerprint density at radius 3 is 2.43 bits per heavy atom. The lowest BCUT2D eigenvalue weighted by Gasteiger charge is -2.39. The lowest BCUT2D eigenvalue weighted by molar-refractivity contribution is -0.137. The van der Waals surface area contributed by atoms with Crippen molar-refractivity contribution in [1.82, 2.24) is 14.4 Å². The molecule has 6 rings (SSSR count). The minimum absolute atomic E-state index is 0.0234. The summed E-state index contributed by atoms with van der Waals surface area (Å²) in [5, 5.41) is -2.84. The van der Waals surface area contributed by atoms with Crippen LogP contribution in [0.4, 0.5) is 22.0 Å². The molecular formula is C41H40F5N3O3S. The molecule has 0 spiro atoms. The first kappa shape index (κ1) is 17.3. The number of methoxy groups -OCH3 is 1. The summed E-state index contributed by atoms with van der Waals surface area (Å²) in [4.78, 5) is 27.8. The first-order valence-electron chi connectivity index (χ1n) is 27.8. The van der Waals surface area contributed by atoms with Gasteiger partial charge in [0.05, 0.1) is 41.9 Å². The Morgan fingerprint density at radius 2 is 1.75 bits per heavy atom. The van der Waals surface area contributed by atoms with Crippen LogP contribution in [0, 0.1) is 18.6 Å². The fourth-order valence-electron chi connectivity index (χ4n) is 4.58. The number of rotatable bonds is 12. The molecule has 1 amide bonds. The van der Waals surface area contributed by atoms with Crippen LogP contribution in [0.3, 0.4) is 0 Å². The second-order valence-electron chi connectivity index (χ2n) is 10.6. The number of amides is 1. The van der Waals surface area contributed by atoms with E-state index in [0.717, 1.165) is 37.3 Å². The number of likely N-dealkylation sites (tertiary alicyclic amines) is 1. The summed E-state index contributed by atoms with van der Waals surface area (Å²) in [7, 11) is -3.97. The van der Waals surface area contributed by atoms with Gasteiger partial charge in [-0.15, -0.1) is 11.8 Å². The molecule has 0 atom stereocenters. The maximum Gasteiger partial charge on any atom is 0.416 e. The van der Waals surface area contributed by atoms with Gasteiger partial charge in [0.15, 0.2) is 17.1 Å². The largest absolute Gasteiger partial charge is 0.416 e. The van der Waals surface area contributed by atoms with Crippen molar-refractivity contribution in [3.8, 4) is 11.1 Å². The van der Waals surface area contributed by atoms with E-state index in [1.165, 1.54) is 0 Å². The first-order chi connectivity index (χ1) is 35.4. The van der Waals surface area contributed by atoms with E-state index in [1.807, 2.05) is 0 Å². The monoisotopic (exact) mass is 775 g/mol. The lowest BCUT2D eigenvalue weighted by atomic mass is 10.00. The van der Waals surface area contributed by atoms with Gasteiger partial charge in [-0.05, 0) is 72.2 Å². The number of hydrogen-bond acceptors (Lipinski definition) is 5. The summed E-state index contributed by atoms with van der Waals surface area (Å²) in [6.45, 7) is -27.3. The van der Waals surface area contributed by atoms with Crippen LogP contribution < -0.4 is 5.43 Å². The van der Waals surface area contributed by atoms with E-state index < -0.39 is 184 Å². The van der Waals surface area contributed by atoms with E-state index in [9.17, 15) is 34.7 Å². The molecule has 5 aromatic rings. The molecule has 1 fully saturated rings. The highest BCUT2D eigenvalue weighted by molar-refractivity contribution is 7.98. The van der Waals surface area contributed by atoms with Gasteiger partial charge in [-0.3, -0.25) is 9.59 Å². The predicted octanol–water partition coefficient (Wildman–Crippen LogP) is 8.71. The lowest BCUT2D eigenvalue weighted by Crippen LogP contribution is -2.48. The number of piperidine rings is 1. The minimum Gasteiger partial charge on any atom is -0.383 e. The minimum atomic E-state index is -5.17. The van der Waals surface area contributed by atoms with Crippen molar-refractivity contribution in [3.05, 3.63) is 135 Å². The Bertz CT molecular complexity index is 3290. The van der Waals surface area contributed by atoms with Crippen LogP contribution in [-0.2, 0) is 34.4 Å². The zero-order valence-corrected chi connectivity index (χ0v) is 27.5. The van der Waals surface area contributed by atoms with Crippen molar-refractivity contribution < 1.29 is 67.1 Å². The number of fused-ring (bicyclic) bond motifs is 1. The zero-order chi connectivity index (χ0) is 60.7. The van der Waals surface area contributed by atoms with Crippen molar-refractivity contribution in [1.29, 1.82) is 0 Å². The summed E-state index contributed by atoms with van der Waals surface area (Å²) in [6.07, 6.45) is -14.9. The van der Waals surface area contributed by atoms with E-state index in [-0.39, 0.29) is 15.7 Å². The number of nitrogens with zero attached hydrogens (tertiary/aromatic N) is 3. The van der Waals surface area contributed by atoms with E-state index >= 15 is 9.18 Å². The summed E-state index contributed by atoms with van der Waals surface area (Å²) >= 11 is -0.574. The molecule has 6 nitrogen and oxygen atoms in total. The normalized spacial score (nSPS) is 27.4. The van der Waals surface area contributed by atoms with Crippen LogP contribution >= 0.6 is 11.8 Å². The maximum atomic E-state index is 15.9. The average molecular weight is 776 g/mol. The van der Waals surface area contributed by atoms with Gasteiger partial charge >= 0.3 is 6.18 Å². The van der Waals surface area contributed by atoms with Gasteiger partial charge in [0.25, 0.3) is 0 Å². The highest BCUT2D eigenvalue weighted by Gasteiger charge is 2.31. The molecule has 2 heterocycles. The van der Waals surface area contributed by atoms with Gasteiger partial charge in [-0.25, -0.2) is 8.78 Å². The van der Waals surface area contributed by atoms with E-state index in [4.69, 9.17) is 23.3 Å². The summed E-state index contributed by atoms with van der Waals surface area (Å²) < 4.78 is 304. The van der Waals surface area contributed by atoms with E-state index in [1.54, 1.807) is 0 Å². The van der Waals surface area contributed by atoms with Crippen LogP contribution in [0.5, 0.6) is 0 Å². The molecule has 1 aliphatic heterocycles. The zero-order valence-electron chi connectivity index (χ0n) is 52.7. The molecule has 278 valence electrons. The second-order valence-corrected chi connectivity index (χ2v) is 11.4. The van der Waals surface area contributed by atoms with Crippen LogP contribution in [0.25, 0.3) is 22.0 Å². The Kier molecular flexibility index (Phi) is 5.44. The number of ether oxygens (including phenoxy) is 1. The van der Waals surface area contributed by atoms with Crippen LogP contribution in [-0.4, -0.2) is 59.4 Å². The second kappa shape index (κ2) is 16.7. The number of alkyl halides is 3. The number of halogens is 5. The van der Waals surface area contributed by atoms with E-state index in [0.29, 0.717) is 36.4 Å². The third-order valence-electron chi connectivity index (χ3n) is 7.09. The van der Waals surface area contributed by atoms with Crippen LogP contribution in [0.1, 0.15) is 70.6 Å². The molecule has 0 bridgehead atoms. The molecule has 0 saturated carbocycles. The quantitative estimate of drug-likeness (QED) is 0.0939. The first-order valence-corrected chi connectivity index (χ1v) is 15.6. The molecule has 0 N–H and O–H groups in total. The Morgan fingerprint density at radius 1 is 1.06 bits per heavy atom. The smallest absolute Gasteiger partial charge is 0.383 e. The number of hydrogen-bond donors (Lipinski definition) is 0. The van der Waals surface area contributed by atoms with Crippen molar-refractivity contribution in [3.63, 3.8) is 0 Å². The van der Waals surface area contributed by atoms with Gasteiger partial charge in [-0.1, -0.05) is 54.6 Å². The molecule has 0 aliphatic carbocycles. The molecule has 53 heavy (non-hydrogen) atoms. The summed E-state index contributed by atoms with van der Waals surface area (Å²) in [5.41, 5.74) is -10.8. The molecule has 4 aromatic carbocycles. The third kappa shape index (κ3) is 9.17. The number of benzene rings is 4. The fraction of sp³-hybridized carbons (Fsp3) is 0.317. The van der Waals surface area contributed by atoms with Gasteiger partial charge < -0.3 is 19.1 Å². The molecule has 12 heteroatoms. The average Bonchev–Trinajstić information content (AvgIpc) is 3.41. The topological polar surface area (TPSA) is 54.8 Å². The molecule has 1 aromatic heterocycles. The highest BCUT2D eigenvalue weighted by atomic mass is 32.2. The molecule has 0 radical (unpaired) electrons.